The Balaban J connectivity index is 0.000000359. The number of piperidine rings is 1. The van der Waals surface area contributed by atoms with Crippen molar-refractivity contribution in [3.8, 4) is 5.75 Å². The van der Waals surface area contributed by atoms with Gasteiger partial charge in [0.15, 0.2) is 0 Å². The molecule has 0 bridgehead atoms. The van der Waals surface area contributed by atoms with Crippen LogP contribution in [0.15, 0.2) is 72.0 Å². The zero-order chi connectivity index (χ0) is 31.2. The number of carbonyl (C=O) groups is 2. The molecule has 2 aromatic heterocycles. The molecule has 1 saturated heterocycles. The van der Waals surface area contributed by atoms with Crippen LogP contribution in [0.1, 0.15) is 18.4 Å². The van der Waals surface area contributed by atoms with Gasteiger partial charge in [-0.1, -0.05) is 24.3 Å². The van der Waals surface area contributed by atoms with Crippen molar-refractivity contribution >= 4 is 44.7 Å². The number of aromatic amines is 1. The number of H-pyrrole nitrogens is 1. The molecule has 0 unspecified atom stereocenters. The average molecular weight is 610 g/mol. The number of rotatable bonds is 6. The van der Waals surface area contributed by atoms with Crippen LogP contribution >= 0.6 is 0 Å². The van der Waals surface area contributed by atoms with Crippen LogP contribution < -0.4 is 20.7 Å². The van der Waals surface area contributed by atoms with E-state index in [-0.39, 0.29) is 17.3 Å². The van der Waals surface area contributed by atoms with Gasteiger partial charge in [0, 0.05) is 51.7 Å². The summed E-state index contributed by atoms with van der Waals surface area (Å²) in [5.41, 5.74) is 7.88. The van der Waals surface area contributed by atoms with E-state index in [2.05, 4.69) is 25.2 Å². The summed E-state index contributed by atoms with van der Waals surface area (Å²) in [5.74, 6) is 1.10. The van der Waals surface area contributed by atoms with Gasteiger partial charge in [0.25, 0.3) is 10.1 Å². The van der Waals surface area contributed by atoms with E-state index in [1.807, 2.05) is 13.1 Å². The molecule has 2 aromatic carbocycles. The SMILES string of the molecule is Cc1c[nH]c2ncnc(N3CCC(CN)(C(=O)Nc4cccc(OC(=O)N(C)C)c4)CC3)c12.O=S(=O)(O)c1ccccc1. The highest BCUT2D eigenvalue weighted by molar-refractivity contribution is 7.85. The van der Waals surface area contributed by atoms with Crippen molar-refractivity contribution in [2.24, 2.45) is 11.1 Å². The highest BCUT2D eigenvalue weighted by Gasteiger charge is 2.41. The molecule has 43 heavy (non-hydrogen) atoms. The number of anilines is 2. The fourth-order valence-electron chi connectivity index (χ4n) is 4.69. The van der Waals surface area contributed by atoms with E-state index in [9.17, 15) is 18.0 Å². The Labute approximate surface area is 249 Å². The van der Waals surface area contributed by atoms with Gasteiger partial charge < -0.3 is 30.6 Å². The molecule has 1 aliphatic rings. The van der Waals surface area contributed by atoms with Crippen molar-refractivity contribution in [2.45, 2.75) is 24.7 Å². The van der Waals surface area contributed by atoms with Crippen molar-refractivity contribution in [3.05, 3.63) is 72.7 Å². The maximum atomic E-state index is 13.3. The van der Waals surface area contributed by atoms with Gasteiger partial charge in [-0.3, -0.25) is 9.35 Å². The van der Waals surface area contributed by atoms with E-state index in [1.165, 1.54) is 17.0 Å². The standard InChI is InChI=1S/C23H29N7O3.C6H6O3S/c1-15-12-25-19-18(15)20(27-14-26-19)30-9-7-23(13-24,8-10-30)21(31)28-16-5-4-6-17(11-16)33-22(32)29(2)3;7-10(8,9)6-4-2-1-3-5-6/h4-6,11-12,14H,7-10,13,24H2,1-3H3,(H,28,31)(H,25,26,27);1-5H,(H,7,8,9). The van der Waals surface area contributed by atoms with Crippen LogP contribution in [0.2, 0.25) is 0 Å². The summed E-state index contributed by atoms with van der Waals surface area (Å²) in [6.45, 7) is 3.57. The van der Waals surface area contributed by atoms with Crippen LogP contribution in [-0.2, 0) is 14.9 Å². The first-order chi connectivity index (χ1) is 20.4. The minimum absolute atomic E-state index is 0.0741. The highest BCUT2D eigenvalue weighted by Crippen LogP contribution is 2.36. The van der Waals surface area contributed by atoms with Gasteiger partial charge in [0.05, 0.1) is 15.7 Å². The Morgan fingerprint density at radius 3 is 2.42 bits per heavy atom. The third-order valence-electron chi connectivity index (χ3n) is 7.24. The van der Waals surface area contributed by atoms with Gasteiger partial charge in [0.1, 0.15) is 23.5 Å². The molecule has 0 saturated carbocycles. The molecule has 228 valence electrons. The van der Waals surface area contributed by atoms with E-state index in [1.54, 1.807) is 62.9 Å². The zero-order valence-corrected chi connectivity index (χ0v) is 25.0. The molecule has 0 atom stereocenters. The van der Waals surface area contributed by atoms with E-state index >= 15 is 0 Å². The maximum Gasteiger partial charge on any atom is 0.414 e. The molecule has 1 aliphatic heterocycles. The number of ether oxygens (including phenoxy) is 1. The number of nitrogens with two attached hydrogens (primary N) is 1. The summed E-state index contributed by atoms with van der Waals surface area (Å²) in [6, 6.07) is 14.2. The number of aryl methyl sites for hydroxylation is 1. The topological polar surface area (TPSA) is 184 Å². The Hall–Kier alpha value is -4.53. The Kier molecular flexibility index (Phi) is 9.63. The molecular formula is C29H35N7O6S. The van der Waals surface area contributed by atoms with Crippen molar-refractivity contribution in [2.75, 3.05) is 43.9 Å². The summed E-state index contributed by atoms with van der Waals surface area (Å²) in [6.07, 6.45) is 4.19. The Bertz CT molecular complexity index is 1680. The van der Waals surface area contributed by atoms with E-state index in [4.69, 9.17) is 15.0 Å². The van der Waals surface area contributed by atoms with Gasteiger partial charge in [-0.2, -0.15) is 8.42 Å². The third-order valence-corrected chi connectivity index (χ3v) is 8.11. The first-order valence-electron chi connectivity index (χ1n) is 13.5. The number of benzene rings is 2. The number of fused-ring (bicyclic) bond motifs is 1. The van der Waals surface area contributed by atoms with Gasteiger partial charge in [-0.05, 0) is 49.6 Å². The molecule has 14 heteroatoms. The van der Waals surface area contributed by atoms with Crippen LogP contribution in [0.5, 0.6) is 5.75 Å². The fourth-order valence-corrected chi connectivity index (χ4v) is 5.19. The van der Waals surface area contributed by atoms with Gasteiger partial charge >= 0.3 is 6.09 Å². The van der Waals surface area contributed by atoms with Crippen LogP contribution in [-0.4, -0.2) is 78.6 Å². The summed E-state index contributed by atoms with van der Waals surface area (Å²) in [4.78, 5) is 40.5. The lowest BCUT2D eigenvalue weighted by atomic mass is 9.77. The quantitative estimate of drug-likeness (QED) is 0.236. The second-order valence-electron chi connectivity index (χ2n) is 10.4. The van der Waals surface area contributed by atoms with Crippen LogP contribution in [0, 0.1) is 12.3 Å². The van der Waals surface area contributed by atoms with Crippen LogP contribution in [0.25, 0.3) is 11.0 Å². The molecule has 3 heterocycles. The third kappa shape index (κ3) is 7.46. The molecule has 0 spiro atoms. The number of carbonyl (C=O) groups excluding carboxylic acids is 2. The van der Waals surface area contributed by atoms with E-state index in [0.717, 1.165) is 22.4 Å². The highest BCUT2D eigenvalue weighted by atomic mass is 32.2. The summed E-state index contributed by atoms with van der Waals surface area (Å²) in [7, 11) is -0.790. The van der Waals surface area contributed by atoms with Gasteiger partial charge in [-0.25, -0.2) is 14.8 Å². The van der Waals surface area contributed by atoms with E-state index in [0.29, 0.717) is 37.4 Å². The Morgan fingerprint density at radius 2 is 1.81 bits per heavy atom. The lowest BCUT2D eigenvalue weighted by molar-refractivity contribution is -0.126. The predicted octanol–water partition coefficient (Wildman–Crippen LogP) is 3.44. The second-order valence-corrected chi connectivity index (χ2v) is 11.8. The molecule has 1 fully saturated rings. The molecule has 0 radical (unpaired) electrons. The molecule has 5 N–H and O–H groups in total. The van der Waals surface area contributed by atoms with E-state index < -0.39 is 21.6 Å². The molecule has 5 rings (SSSR count). The van der Waals surface area contributed by atoms with Crippen molar-refractivity contribution in [1.82, 2.24) is 19.9 Å². The van der Waals surface area contributed by atoms with Crippen molar-refractivity contribution < 1.29 is 27.3 Å². The lowest BCUT2D eigenvalue weighted by Crippen LogP contribution is -2.50. The van der Waals surface area contributed by atoms with Crippen LogP contribution in [0.4, 0.5) is 16.3 Å². The summed E-state index contributed by atoms with van der Waals surface area (Å²) in [5, 5.41) is 3.97. The smallest absolute Gasteiger partial charge is 0.410 e. The number of aromatic nitrogens is 3. The summed E-state index contributed by atoms with van der Waals surface area (Å²) >= 11 is 0. The number of hydrogen-bond acceptors (Lipinski definition) is 9. The molecule has 13 nitrogen and oxygen atoms in total. The number of nitrogens with zero attached hydrogens (tertiary/aromatic N) is 4. The molecule has 0 aliphatic carbocycles. The molecule has 4 aromatic rings. The number of nitrogens with one attached hydrogen (secondary N) is 2. The second kappa shape index (κ2) is 13.2. The first-order valence-corrected chi connectivity index (χ1v) is 14.9. The summed E-state index contributed by atoms with van der Waals surface area (Å²) < 4.78 is 34.5. The normalized spacial score (nSPS) is 14.4. The van der Waals surface area contributed by atoms with Crippen molar-refractivity contribution in [1.29, 1.82) is 0 Å². The monoisotopic (exact) mass is 609 g/mol. The zero-order valence-electron chi connectivity index (χ0n) is 24.1. The average Bonchev–Trinajstić information content (AvgIpc) is 3.38. The van der Waals surface area contributed by atoms with Gasteiger partial charge in [-0.15, -0.1) is 0 Å². The van der Waals surface area contributed by atoms with Gasteiger partial charge in [0.2, 0.25) is 5.91 Å². The molecular weight excluding hydrogens is 574 g/mol. The van der Waals surface area contributed by atoms with Crippen LogP contribution in [0.3, 0.4) is 0 Å². The number of hydrogen-bond donors (Lipinski definition) is 4. The lowest BCUT2D eigenvalue weighted by Gasteiger charge is -2.40. The minimum atomic E-state index is -4.00. The largest absolute Gasteiger partial charge is 0.414 e. The Morgan fingerprint density at radius 1 is 1.12 bits per heavy atom. The maximum absolute atomic E-state index is 13.3. The first kappa shape index (κ1) is 31.4. The number of amides is 2. The fraction of sp³-hybridized carbons (Fsp3) is 0.310. The molecule has 2 amide bonds. The minimum Gasteiger partial charge on any atom is -0.410 e. The predicted molar refractivity (Wildman–Crippen MR) is 163 cm³/mol. The van der Waals surface area contributed by atoms with Crippen molar-refractivity contribution in [3.63, 3.8) is 0 Å².